The van der Waals surface area contributed by atoms with E-state index in [9.17, 15) is 4.39 Å². The summed E-state index contributed by atoms with van der Waals surface area (Å²) in [6, 6.07) is 34.3. The van der Waals surface area contributed by atoms with Crippen LogP contribution in [0.4, 0.5) is 21.5 Å². The molecule has 0 radical (unpaired) electrons. The number of hydrogen-bond donors (Lipinski definition) is 0. The number of anilines is 3. The van der Waals surface area contributed by atoms with Crippen LogP contribution >= 0.6 is 15.9 Å². The van der Waals surface area contributed by atoms with Crippen LogP contribution in [-0.2, 0) is 0 Å². The molecule has 0 saturated carbocycles. The van der Waals surface area contributed by atoms with Gasteiger partial charge in [-0.1, -0.05) is 70.5 Å². The van der Waals surface area contributed by atoms with Gasteiger partial charge in [-0.2, -0.15) is 0 Å². The SMILES string of the molecule is Fc1ccc(N(c2ccccc2)c2ccc3ccc4c(Br)ccc5ccc2c3c54)cc1. The zero-order valence-electron chi connectivity index (χ0n) is 16.5. The van der Waals surface area contributed by atoms with Gasteiger partial charge in [-0.25, -0.2) is 4.39 Å². The van der Waals surface area contributed by atoms with Gasteiger partial charge in [0.1, 0.15) is 5.82 Å². The number of hydrogen-bond acceptors (Lipinski definition) is 1. The second kappa shape index (κ2) is 7.07. The van der Waals surface area contributed by atoms with Crippen LogP contribution in [0.25, 0.3) is 32.3 Å². The van der Waals surface area contributed by atoms with E-state index in [1.165, 1.54) is 44.5 Å². The zero-order valence-corrected chi connectivity index (χ0v) is 18.1. The summed E-state index contributed by atoms with van der Waals surface area (Å²) in [5.41, 5.74) is 3.02. The Balaban J connectivity index is 1.71. The summed E-state index contributed by atoms with van der Waals surface area (Å²) >= 11 is 3.72. The van der Waals surface area contributed by atoms with Crippen molar-refractivity contribution in [2.75, 3.05) is 4.90 Å². The predicted octanol–water partition coefficient (Wildman–Crippen LogP) is 8.96. The Morgan fingerprint density at radius 1 is 0.548 bits per heavy atom. The average Bonchev–Trinajstić information content (AvgIpc) is 2.81. The summed E-state index contributed by atoms with van der Waals surface area (Å²) in [5.74, 6) is -0.239. The van der Waals surface area contributed by atoms with E-state index in [2.05, 4.69) is 81.5 Å². The van der Waals surface area contributed by atoms with Gasteiger partial charge in [0.2, 0.25) is 0 Å². The van der Waals surface area contributed by atoms with E-state index in [1.807, 2.05) is 30.3 Å². The lowest BCUT2D eigenvalue weighted by molar-refractivity contribution is 0.628. The molecule has 31 heavy (non-hydrogen) atoms. The van der Waals surface area contributed by atoms with Crippen LogP contribution in [0.2, 0.25) is 0 Å². The minimum absolute atomic E-state index is 0.239. The topological polar surface area (TPSA) is 3.24 Å². The van der Waals surface area contributed by atoms with Gasteiger partial charge in [-0.15, -0.1) is 0 Å². The van der Waals surface area contributed by atoms with Gasteiger partial charge >= 0.3 is 0 Å². The molecule has 0 amide bonds. The fourth-order valence-corrected chi connectivity index (χ4v) is 5.00. The maximum Gasteiger partial charge on any atom is 0.123 e. The van der Waals surface area contributed by atoms with Crippen molar-refractivity contribution in [2.45, 2.75) is 0 Å². The van der Waals surface area contributed by atoms with E-state index in [1.54, 1.807) is 0 Å². The lowest BCUT2D eigenvalue weighted by Gasteiger charge is -2.27. The second-order valence-electron chi connectivity index (χ2n) is 7.70. The van der Waals surface area contributed by atoms with E-state index in [-0.39, 0.29) is 5.82 Å². The Bertz CT molecular complexity index is 1540. The highest BCUT2D eigenvalue weighted by Gasteiger charge is 2.18. The van der Waals surface area contributed by atoms with Crippen LogP contribution in [-0.4, -0.2) is 0 Å². The molecule has 0 aliphatic heterocycles. The highest BCUT2D eigenvalue weighted by atomic mass is 79.9. The minimum atomic E-state index is -0.239. The van der Waals surface area contributed by atoms with Gasteiger partial charge in [0.25, 0.3) is 0 Å². The number of para-hydroxylation sites is 1. The van der Waals surface area contributed by atoms with Gasteiger partial charge in [0, 0.05) is 21.2 Å². The molecule has 3 heteroatoms. The molecular weight excluding hydrogens is 449 g/mol. The number of halogens is 2. The standard InChI is InChI=1S/C28H17BrFN/c29-25-16-8-18-7-15-24-26(17-9-19-6-14-23(25)27(18)28(19)24)31(21-4-2-1-3-5-21)22-12-10-20(30)11-13-22/h1-17H. The molecule has 6 aromatic carbocycles. The minimum Gasteiger partial charge on any atom is -0.310 e. The Morgan fingerprint density at radius 3 is 1.87 bits per heavy atom. The summed E-state index contributed by atoms with van der Waals surface area (Å²) in [4.78, 5) is 2.19. The summed E-state index contributed by atoms with van der Waals surface area (Å²) in [6.45, 7) is 0. The van der Waals surface area contributed by atoms with Gasteiger partial charge in [-0.05, 0) is 75.5 Å². The maximum atomic E-state index is 13.7. The van der Waals surface area contributed by atoms with E-state index in [0.717, 1.165) is 21.5 Å². The van der Waals surface area contributed by atoms with Gasteiger partial charge in [0.15, 0.2) is 0 Å². The predicted molar refractivity (Wildman–Crippen MR) is 132 cm³/mol. The van der Waals surface area contributed by atoms with Crippen molar-refractivity contribution in [1.82, 2.24) is 0 Å². The monoisotopic (exact) mass is 465 g/mol. The van der Waals surface area contributed by atoms with Gasteiger partial charge in [0.05, 0.1) is 5.69 Å². The lowest BCUT2D eigenvalue weighted by Crippen LogP contribution is -2.10. The van der Waals surface area contributed by atoms with Crippen molar-refractivity contribution in [3.63, 3.8) is 0 Å². The number of nitrogens with zero attached hydrogens (tertiary/aromatic N) is 1. The molecule has 6 aromatic rings. The Labute approximate surface area is 187 Å². The molecule has 0 aliphatic rings. The molecule has 0 aromatic heterocycles. The highest BCUT2D eigenvalue weighted by Crippen LogP contribution is 2.44. The first kappa shape index (κ1) is 18.3. The van der Waals surface area contributed by atoms with Crippen LogP contribution in [0.5, 0.6) is 0 Å². The summed E-state index contributed by atoms with van der Waals surface area (Å²) in [6.07, 6.45) is 0. The molecule has 6 rings (SSSR count). The zero-order chi connectivity index (χ0) is 20.9. The third-order valence-electron chi connectivity index (χ3n) is 5.93. The lowest BCUT2D eigenvalue weighted by atomic mass is 9.93. The molecule has 0 unspecified atom stereocenters. The Kier molecular flexibility index (Phi) is 4.18. The van der Waals surface area contributed by atoms with Crippen molar-refractivity contribution in [1.29, 1.82) is 0 Å². The van der Waals surface area contributed by atoms with E-state index in [4.69, 9.17) is 0 Å². The molecule has 0 N–H and O–H groups in total. The van der Waals surface area contributed by atoms with E-state index in [0.29, 0.717) is 0 Å². The number of benzene rings is 6. The van der Waals surface area contributed by atoms with E-state index >= 15 is 0 Å². The fourth-order valence-electron chi connectivity index (χ4n) is 4.54. The quantitative estimate of drug-likeness (QED) is 0.235. The molecule has 0 fully saturated rings. The summed E-state index contributed by atoms with van der Waals surface area (Å²) < 4.78 is 14.8. The van der Waals surface area contributed by atoms with Crippen molar-refractivity contribution in [2.24, 2.45) is 0 Å². The number of rotatable bonds is 3. The molecule has 0 bridgehead atoms. The average molecular weight is 466 g/mol. The first-order valence-corrected chi connectivity index (χ1v) is 11.0. The van der Waals surface area contributed by atoms with Crippen molar-refractivity contribution >= 4 is 65.3 Å². The fraction of sp³-hybridized carbons (Fsp3) is 0. The molecule has 1 nitrogen and oxygen atoms in total. The third kappa shape index (κ3) is 2.88. The molecular formula is C28H17BrFN. The molecule has 148 valence electrons. The smallest absolute Gasteiger partial charge is 0.123 e. The molecule has 0 spiro atoms. The molecule has 0 heterocycles. The molecule has 0 aliphatic carbocycles. The first-order valence-electron chi connectivity index (χ1n) is 10.2. The molecule has 0 saturated heterocycles. The van der Waals surface area contributed by atoms with Gasteiger partial charge in [-0.3, -0.25) is 0 Å². The normalized spacial score (nSPS) is 11.5. The largest absolute Gasteiger partial charge is 0.310 e. The third-order valence-corrected chi connectivity index (χ3v) is 6.62. The second-order valence-corrected chi connectivity index (χ2v) is 8.56. The van der Waals surface area contributed by atoms with Crippen molar-refractivity contribution in [3.05, 3.63) is 113 Å². The summed E-state index contributed by atoms with van der Waals surface area (Å²) in [5, 5.41) is 7.32. The van der Waals surface area contributed by atoms with Crippen LogP contribution in [0.1, 0.15) is 0 Å². The Hall–Kier alpha value is -3.43. The van der Waals surface area contributed by atoms with Crippen LogP contribution in [0, 0.1) is 5.82 Å². The highest BCUT2D eigenvalue weighted by molar-refractivity contribution is 9.10. The van der Waals surface area contributed by atoms with Crippen LogP contribution in [0.3, 0.4) is 0 Å². The van der Waals surface area contributed by atoms with E-state index < -0.39 is 0 Å². The maximum absolute atomic E-state index is 13.7. The summed E-state index contributed by atoms with van der Waals surface area (Å²) in [7, 11) is 0. The first-order chi connectivity index (χ1) is 15.2. The van der Waals surface area contributed by atoms with Crippen LogP contribution < -0.4 is 4.90 Å². The van der Waals surface area contributed by atoms with Gasteiger partial charge < -0.3 is 4.90 Å². The molecule has 0 atom stereocenters. The van der Waals surface area contributed by atoms with Crippen molar-refractivity contribution in [3.8, 4) is 0 Å². The Morgan fingerprint density at radius 2 is 1.13 bits per heavy atom. The van der Waals surface area contributed by atoms with Crippen LogP contribution in [0.15, 0.2) is 108 Å². The van der Waals surface area contributed by atoms with Crippen molar-refractivity contribution < 1.29 is 4.39 Å².